The second-order valence-corrected chi connectivity index (χ2v) is 11.6. The van der Waals surface area contributed by atoms with Crippen LogP contribution in [-0.4, -0.2) is 28.4 Å². The first kappa shape index (κ1) is 26.5. The van der Waals surface area contributed by atoms with Crippen molar-refractivity contribution in [2.75, 3.05) is 12.3 Å². The molecule has 0 spiro atoms. The van der Waals surface area contributed by atoms with Gasteiger partial charge in [-0.15, -0.1) is 11.3 Å². The minimum absolute atomic E-state index is 0.00561. The molecular formula is C31H34ClN3O2S. The monoisotopic (exact) mass is 547 g/mol. The normalized spacial score (nSPS) is 17.5. The summed E-state index contributed by atoms with van der Waals surface area (Å²) in [5.74, 6) is 1.97. The molecule has 2 heterocycles. The summed E-state index contributed by atoms with van der Waals surface area (Å²) >= 11 is 8.28. The molecular weight excluding hydrogens is 514 g/mol. The fraction of sp³-hybridized carbons (Fsp3) is 0.355. The van der Waals surface area contributed by atoms with E-state index in [1.807, 2.05) is 67.3 Å². The molecule has 0 unspecified atom stereocenters. The van der Waals surface area contributed by atoms with Crippen LogP contribution in [0.15, 0.2) is 54.6 Å². The quantitative estimate of drug-likeness (QED) is 0.253. The first-order valence-electron chi connectivity index (χ1n) is 13.3. The highest BCUT2D eigenvalue weighted by Crippen LogP contribution is 2.39. The van der Waals surface area contributed by atoms with Gasteiger partial charge < -0.3 is 15.4 Å². The van der Waals surface area contributed by atoms with E-state index in [1.54, 1.807) is 0 Å². The van der Waals surface area contributed by atoms with Crippen LogP contribution >= 0.6 is 22.9 Å². The molecule has 1 aliphatic carbocycles. The second-order valence-electron chi connectivity index (χ2n) is 10.2. The molecule has 1 fully saturated rings. The number of hydrogen-bond donors (Lipinski definition) is 1. The Bertz CT molecular complexity index is 1460. The van der Waals surface area contributed by atoms with Crippen LogP contribution in [0.1, 0.15) is 60.5 Å². The summed E-state index contributed by atoms with van der Waals surface area (Å²) in [5.41, 5.74) is 9.78. The number of aromatic nitrogens is 1. The highest BCUT2D eigenvalue weighted by Gasteiger charge is 2.31. The van der Waals surface area contributed by atoms with Gasteiger partial charge in [0.15, 0.2) is 0 Å². The fourth-order valence-corrected chi connectivity index (χ4v) is 6.91. The standard InChI is InChI=1S/C31H34ClN3O2S/c1-4-37-26-15-11-21(24-14-16-28(33)34-20(24)3)17-22(26)18-35(23-12-9-19(2)10-13-23)31(36)30-29(32)25-7-5-6-8-27(25)38-30/h5-8,11,14-17,19,23H,4,9-10,12-13,18H2,1-3H3,(H2,33,34)/t19-,23-. The Labute approximate surface area is 233 Å². The summed E-state index contributed by atoms with van der Waals surface area (Å²) in [6.45, 7) is 7.24. The lowest BCUT2D eigenvalue weighted by molar-refractivity contribution is 0.0596. The van der Waals surface area contributed by atoms with Crippen LogP contribution in [0, 0.1) is 12.8 Å². The summed E-state index contributed by atoms with van der Waals surface area (Å²) < 4.78 is 7.07. The van der Waals surface area contributed by atoms with E-state index in [9.17, 15) is 4.79 Å². The highest BCUT2D eigenvalue weighted by molar-refractivity contribution is 7.21. The molecule has 4 aromatic rings. The van der Waals surface area contributed by atoms with Gasteiger partial charge in [-0.1, -0.05) is 42.8 Å². The maximum absolute atomic E-state index is 14.2. The number of anilines is 1. The number of fused-ring (bicyclic) bond motifs is 1. The van der Waals surface area contributed by atoms with Gasteiger partial charge in [-0.3, -0.25) is 4.79 Å². The van der Waals surface area contributed by atoms with Crippen molar-refractivity contribution in [1.82, 2.24) is 9.88 Å². The Morgan fingerprint density at radius 1 is 1.13 bits per heavy atom. The Hall–Kier alpha value is -3.09. The van der Waals surface area contributed by atoms with E-state index < -0.39 is 0 Å². The van der Waals surface area contributed by atoms with E-state index in [2.05, 4.69) is 18.0 Å². The first-order chi connectivity index (χ1) is 18.4. The fourth-order valence-electron chi connectivity index (χ4n) is 5.44. The number of aryl methyl sites for hydroxylation is 1. The number of amides is 1. The maximum atomic E-state index is 14.2. The zero-order valence-corrected chi connectivity index (χ0v) is 23.7. The van der Waals surface area contributed by atoms with Crippen molar-refractivity contribution in [3.05, 3.63) is 75.8 Å². The van der Waals surface area contributed by atoms with Gasteiger partial charge in [-0.25, -0.2) is 4.98 Å². The number of carbonyl (C=O) groups excluding carboxylic acids is 1. The van der Waals surface area contributed by atoms with Crippen molar-refractivity contribution in [3.8, 4) is 16.9 Å². The summed E-state index contributed by atoms with van der Waals surface area (Å²) in [7, 11) is 0. The molecule has 2 N–H and O–H groups in total. The molecule has 0 saturated heterocycles. The summed E-state index contributed by atoms with van der Waals surface area (Å²) in [4.78, 5) is 21.3. The van der Waals surface area contributed by atoms with Gasteiger partial charge in [0.1, 0.15) is 16.4 Å². The number of halogens is 1. The lowest BCUT2D eigenvalue weighted by atomic mass is 9.86. The summed E-state index contributed by atoms with van der Waals surface area (Å²) in [5, 5.41) is 1.48. The second kappa shape index (κ2) is 11.3. The zero-order valence-electron chi connectivity index (χ0n) is 22.2. The number of carbonyl (C=O) groups is 1. The molecule has 7 heteroatoms. The van der Waals surface area contributed by atoms with Crippen LogP contribution in [0.2, 0.25) is 5.02 Å². The number of rotatable bonds is 7. The predicted octanol–water partition coefficient (Wildman–Crippen LogP) is 8.13. The molecule has 5 rings (SSSR count). The third kappa shape index (κ3) is 5.38. The molecule has 38 heavy (non-hydrogen) atoms. The molecule has 1 amide bonds. The number of nitrogen functional groups attached to an aromatic ring is 1. The van der Waals surface area contributed by atoms with Gasteiger partial charge in [0.05, 0.1) is 11.6 Å². The van der Waals surface area contributed by atoms with Crippen molar-refractivity contribution in [2.45, 2.75) is 59.0 Å². The third-order valence-corrected chi connectivity index (χ3v) is 9.20. The van der Waals surface area contributed by atoms with E-state index in [0.717, 1.165) is 63.9 Å². The molecule has 0 bridgehead atoms. The van der Waals surface area contributed by atoms with Crippen LogP contribution in [-0.2, 0) is 6.54 Å². The maximum Gasteiger partial charge on any atom is 0.266 e. The number of hydrogen-bond acceptors (Lipinski definition) is 5. The molecule has 0 atom stereocenters. The molecule has 0 radical (unpaired) electrons. The Kier molecular flexibility index (Phi) is 7.91. The van der Waals surface area contributed by atoms with Crippen LogP contribution in [0.4, 0.5) is 5.82 Å². The molecule has 5 nitrogen and oxygen atoms in total. The van der Waals surface area contributed by atoms with Crippen molar-refractivity contribution >= 4 is 44.7 Å². The number of benzene rings is 2. The van der Waals surface area contributed by atoms with Gasteiger partial charge in [0.25, 0.3) is 5.91 Å². The average Bonchev–Trinajstić information content (AvgIpc) is 3.25. The molecule has 1 aliphatic rings. The summed E-state index contributed by atoms with van der Waals surface area (Å²) in [6.07, 6.45) is 4.20. The van der Waals surface area contributed by atoms with Gasteiger partial charge in [-0.05, 0) is 81.3 Å². The van der Waals surface area contributed by atoms with Gasteiger partial charge in [-0.2, -0.15) is 0 Å². The predicted molar refractivity (Wildman–Crippen MR) is 158 cm³/mol. The molecule has 2 aromatic carbocycles. The van der Waals surface area contributed by atoms with Crippen LogP contribution in [0.3, 0.4) is 0 Å². The van der Waals surface area contributed by atoms with E-state index >= 15 is 0 Å². The minimum atomic E-state index is -0.00561. The smallest absolute Gasteiger partial charge is 0.266 e. The number of thiophene rings is 1. The lowest BCUT2D eigenvalue weighted by Gasteiger charge is -2.36. The minimum Gasteiger partial charge on any atom is -0.494 e. The average molecular weight is 548 g/mol. The molecule has 0 aliphatic heterocycles. The van der Waals surface area contributed by atoms with E-state index in [-0.39, 0.29) is 11.9 Å². The lowest BCUT2D eigenvalue weighted by Crippen LogP contribution is -2.41. The van der Waals surface area contributed by atoms with Crippen molar-refractivity contribution in [3.63, 3.8) is 0 Å². The van der Waals surface area contributed by atoms with Crippen LogP contribution < -0.4 is 10.5 Å². The Morgan fingerprint density at radius 2 is 1.89 bits per heavy atom. The van der Waals surface area contributed by atoms with E-state index in [4.69, 9.17) is 22.1 Å². The molecule has 1 saturated carbocycles. The SMILES string of the molecule is CCOc1ccc(-c2ccc(N)nc2C)cc1CN(C(=O)c1sc2ccccc2c1Cl)[C@H]1CC[C@H](C)CC1. The zero-order chi connectivity index (χ0) is 26.8. The van der Waals surface area contributed by atoms with E-state index in [1.165, 1.54) is 11.3 Å². The first-order valence-corrected chi connectivity index (χ1v) is 14.5. The van der Waals surface area contributed by atoms with E-state index in [0.29, 0.717) is 34.8 Å². The number of nitrogens with zero attached hydrogens (tertiary/aromatic N) is 2. The van der Waals surface area contributed by atoms with Crippen molar-refractivity contribution in [2.24, 2.45) is 5.92 Å². The van der Waals surface area contributed by atoms with Crippen LogP contribution in [0.25, 0.3) is 21.2 Å². The molecule has 2 aromatic heterocycles. The van der Waals surface area contributed by atoms with Crippen molar-refractivity contribution < 1.29 is 9.53 Å². The van der Waals surface area contributed by atoms with Crippen LogP contribution in [0.5, 0.6) is 5.75 Å². The highest BCUT2D eigenvalue weighted by atomic mass is 35.5. The van der Waals surface area contributed by atoms with Gasteiger partial charge in [0, 0.05) is 39.5 Å². The topological polar surface area (TPSA) is 68.5 Å². The number of ether oxygens (including phenoxy) is 1. The Balaban J connectivity index is 1.56. The number of pyridine rings is 1. The largest absolute Gasteiger partial charge is 0.494 e. The van der Waals surface area contributed by atoms with Gasteiger partial charge >= 0.3 is 0 Å². The Morgan fingerprint density at radius 3 is 2.61 bits per heavy atom. The molecule has 198 valence electrons. The van der Waals surface area contributed by atoms with Crippen molar-refractivity contribution in [1.29, 1.82) is 0 Å². The number of nitrogens with two attached hydrogens (primary N) is 1. The van der Waals surface area contributed by atoms with Gasteiger partial charge in [0.2, 0.25) is 0 Å². The third-order valence-electron chi connectivity index (χ3n) is 7.54. The summed E-state index contributed by atoms with van der Waals surface area (Å²) in [6, 6.07) is 18.1.